The van der Waals surface area contributed by atoms with Gasteiger partial charge in [0.05, 0.1) is 11.5 Å². The van der Waals surface area contributed by atoms with Crippen molar-refractivity contribution in [2.24, 2.45) is 17.3 Å². The molecule has 0 heterocycles. The fourth-order valence-electron chi connectivity index (χ4n) is 6.71. The van der Waals surface area contributed by atoms with Gasteiger partial charge in [0.2, 0.25) is 0 Å². The highest BCUT2D eigenvalue weighted by molar-refractivity contribution is 7.86. The van der Waals surface area contributed by atoms with Gasteiger partial charge < -0.3 is 4.43 Å². The normalized spacial score (nSPS) is 21.8. The van der Waals surface area contributed by atoms with E-state index < -0.39 is 18.4 Å². The Bertz CT molecular complexity index is 1330. The molecule has 0 bridgehead atoms. The molecule has 1 aliphatic carbocycles. The van der Waals surface area contributed by atoms with E-state index in [2.05, 4.69) is 102 Å². The van der Waals surface area contributed by atoms with Crippen molar-refractivity contribution in [2.45, 2.75) is 90.2 Å². The van der Waals surface area contributed by atoms with Crippen LogP contribution < -0.4 is 10.4 Å². The summed E-state index contributed by atoms with van der Waals surface area (Å²) in [6.07, 6.45) is 4.32. The quantitative estimate of drug-likeness (QED) is 0.181. The molecule has 41 heavy (non-hydrogen) atoms. The SMILES string of the molecule is Cc1ccc(S(=O)(=O)OC[C@H](C)[C@H](C)[C@@]2(C)CCCC(O[Si](c3ccccc3)(c3ccccc3)C(C)(C)C)C2)cc1. The van der Waals surface area contributed by atoms with Crippen LogP contribution >= 0.6 is 0 Å². The monoisotopic (exact) mass is 592 g/mol. The maximum atomic E-state index is 12.9. The highest BCUT2D eigenvalue weighted by Gasteiger charge is 2.52. The molecule has 222 valence electrons. The molecule has 0 saturated heterocycles. The molecule has 0 amide bonds. The third kappa shape index (κ3) is 6.88. The molecule has 4 rings (SSSR count). The maximum absolute atomic E-state index is 12.9. The molecule has 1 fully saturated rings. The molecular formula is C35H48O4SSi. The van der Waals surface area contributed by atoms with E-state index in [1.807, 2.05) is 6.92 Å². The lowest BCUT2D eigenvalue weighted by molar-refractivity contribution is 0.00822. The van der Waals surface area contributed by atoms with E-state index in [1.165, 1.54) is 10.4 Å². The highest BCUT2D eigenvalue weighted by atomic mass is 32.2. The van der Waals surface area contributed by atoms with Gasteiger partial charge in [0.15, 0.2) is 0 Å². The number of aryl methyl sites for hydroxylation is 1. The van der Waals surface area contributed by atoms with E-state index >= 15 is 0 Å². The Labute approximate surface area is 249 Å². The Balaban J connectivity index is 1.55. The average molecular weight is 593 g/mol. The smallest absolute Gasteiger partial charge is 0.296 e. The molecule has 1 saturated carbocycles. The highest BCUT2D eigenvalue weighted by Crippen LogP contribution is 2.48. The molecular weight excluding hydrogens is 545 g/mol. The summed E-state index contributed by atoms with van der Waals surface area (Å²) in [6.45, 7) is 15.9. The first-order valence-electron chi connectivity index (χ1n) is 15.0. The molecule has 0 radical (unpaired) electrons. The molecule has 4 atom stereocenters. The molecule has 4 nitrogen and oxygen atoms in total. The van der Waals surface area contributed by atoms with E-state index in [4.69, 9.17) is 8.61 Å². The number of hydrogen-bond acceptors (Lipinski definition) is 4. The van der Waals surface area contributed by atoms with Crippen molar-refractivity contribution >= 4 is 28.8 Å². The van der Waals surface area contributed by atoms with Gasteiger partial charge in [-0.3, -0.25) is 4.18 Å². The second-order valence-electron chi connectivity index (χ2n) is 13.5. The molecule has 0 N–H and O–H groups in total. The lowest BCUT2D eigenvalue weighted by Gasteiger charge is -2.50. The minimum atomic E-state index is -3.79. The second-order valence-corrected chi connectivity index (χ2v) is 19.3. The van der Waals surface area contributed by atoms with Crippen LogP contribution in [0.25, 0.3) is 0 Å². The fraction of sp³-hybridized carbons (Fsp3) is 0.486. The van der Waals surface area contributed by atoms with E-state index in [0.717, 1.165) is 31.2 Å². The van der Waals surface area contributed by atoms with Gasteiger partial charge >= 0.3 is 0 Å². The summed E-state index contributed by atoms with van der Waals surface area (Å²) >= 11 is 0. The van der Waals surface area contributed by atoms with Gasteiger partial charge in [-0.2, -0.15) is 8.42 Å². The van der Waals surface area contributed by atoms with E-state index in [0.29, 0.717) is 0 Å². The van der Waals surface area contributed by atoms with Crippen LogP contribution in [0.2, 0.25) is 5.04 Å². The van der Waals surface area contributed by atoms with E-state index in [9.17, 15) is 8.42 Å². The third-order valence-corrected chi connectivity index (χ3v) is 15.9. The Morgan fingerprint density at radius 3 is 1.95 bits per heavy atom. The van der Waals surface area contributed by atoms with Gasteiger partial charge in [0.1, 0.15) is 0 Å². The summed E-state index contributed by atoms with van der Waals surface area (Å²) in [6, 6.07) is 28.6. The van der Waals surface area contributed by atoms with Crippen LogP contribution in [0.3, 0.4) is 0 Å². The summed E-state index contributed by atoms with van der Waals surface area (Å²) in [5.41, 5.74) is 1.04. The lowest BCUT2D eigenvalue weighted by Crippen LogP contribution is -2.68. The standard InChI is InChI=1S/C35H48O4SSi/c1-27-20-22-31(23-21-27)40(36,37)38-26-28(2)29(3)35(7)24-14-15-30(25-35)39-41(34(4,5)6,32-16-10-8-11-17-32)33-18-12-9-13-19-33/h8-13,16-23,28-30H,14-15,24-26H2,1-7H3/t28-,29-,30?,35-/m0/s1. The first kappa shape index (κ1) is 31.7. The molecule has 3 aromatic rings. The van der Waals surface area contributed by atoms with Crippen molar-refractivity contribution in [3.63, 3.8) is 0 Å². The van der Waals surface area contributed by atoms with Crippen molar-refractivity contribution in [2.75, 3.05) is 6.61 Å². The van der Waals surface area contributed by atoms with E-state index in [-0.39, 0.29) is 39.9 Å². The molecule has 0 aromatic heterocycles. The lowest BCUT2D eigenvalue weighted by atomic mass is 9.63. The van der Waals surface area contributed by atoms with Crippen molar-refractivity contribution in [1.82, 2.24) is 0 Å². The summed E-state index contributed by atoms with van der Waals surface area (Å²) in [5.74, 6) is 0.341. The predicted molar refractivity (Wildman–Crippen MR) is 172 cm³/mol. The summed E-state index contributed by atoms with van der Waals surface area (Å²) in [5, 5.41) is 2.55. The Morgan fingerprint density at radius 1 is 0.902 bits per heavy atom. The average Bonchev–Trinajstić information content (AvgIpc) is 2.95. The summed E-state index contributed by atoms with van der Waals surface area (Å²) in [7, 11) is -6.43. The number of benzene rings is 3. The third-order valence-electron chi connectivity index (χ3n) is 9.48. The molecule has 0 aliphatic heterocycles. The number of hydrogen-bond donors (Lipinski definition) is 0. The number of rotatable bonds is 10. The zero-order chi connectivity index (χ0) is 29.9. The summed E-state index contributed by atoms with van der Waals surface area (Å²) < 4.78 is 38.8. The van der Waals surface area contributed by atoms with Crippen LogP contribution in [0.5, 0.6) is 0 Å². The Morgan fingerprint density at radius 2 is 1.44 bits per heavy atom. The largest absolute Gasteiger partial charge is 0.404 e. The predicted octanol–water partition coefficient (Wildman–Crippen LogP) is 7.50. The minimum Gasteiger partial charge on any atom is -0.404 e. The van der Waals surface area contributed by atoms with Gasteiger partial charge in [-0.25, -0.2) is 0 Å². The molecule has 3 aromatic carbocycles. The van der Waals surface area contributed by atoms with Crippen molar-refractivity contribution in [3.05, 3.63) is 90.5 Å². The van der Waals surface area contributed by atoms with Crippen molar-refractivity contribution in [3.8, 4) is 0 Å². The topological polar surface area (TPSA) is 52.6 Å². The van der Waals surface area contributed by atoms with E-state index in [1.54, 1.807) is 24.3 Å². The van der Waals surface area contributed by atoms with Gasteiger partial charge in [0.25, 0.3) is 18.4 Å². The Hall–Kier alpha value is -2.25. The first-order valence-corrected chi connectivity index (χ1v) is 18.4. The van der Waals surface area contributed by atoms with Crippen LogP contribution in [0, 0.1) is 24.2 Å². The summed E-state index contributed by atoms with van der Waals surface area (Å²) in [4.78, 5) is 0.214. The first-order chi connectivity index (χ1) is 19.3. The van der Waals surface area contributed by atoms with Crippen molar-refractivity contribution in [1.29, 1.82) is 0 Å². The van der Waals surface area contributed by atoms with Crippen LogP contribution in [0.1, 0.15) is 72.8 Å². The van der Waals surface area contributed by atoms with Crippen LogP contribution in [-0.2, 0) is 18.7 Å². The van der Waals surface area contributed by atoms with Gasteiger partial charge in [-0.1, -0.05) is 126 Å². The van der Waals surface area contributed by atoms with Crippen LogP contribution in [-0.4, -0.2) is 29.4 Å². The van der Waals surface area contributed by atoms with Crippen LogP contribution in [0.15, 0.2) is 89.8 Å². The molecule has 0 spiro atoms. The van der Waals surface area contributed by atoms with Gasteiger partial charge in [-0.05, 0) is 71.0 Å². The van der Waals surface area contributed by atoms with Gasteiger partial charge in [0, 0.05) is 6.10 Å². The molecule has 1 aliphatic rings. The minimum absolute atomic E-state index is 0.0186. The Kier molecular flexibility index (Phi) is 9.69. The fourth-order valence-corrected chi connectivity index (χ4v) is 12.4. The van der Waals surface area contributed by atoms with Gasteiger partial charge in [-0.15, -0.1) is 0 Å². The zero-order valence-corrected chi connectivity index (χ0v) is 27.7. The molecule has 1 unspecified atom stereocenters. The maximum Gasteiger partial charge on any atom is 0.296 e. The molecule has 6 heteroatoms. The van der Waals surface area contributed by atoms with Crippen LogP contribution in [0.4, 0.5) is 0 Å². The second kappa shape index (κ2) is 12.5. The van der Waals surface area contributed by atoms with Crippen molar-refractivity contribution < 1.29 is 17.0 Å². The zero-order valence-electron chi connectivity index (χ0n) is 25.9.